The van der Waals surface area contributed by atoms with Gasteiger partial charge in [0, 0.05) is 0 Å². The molecule has 0 aromatic rings. The fraction of sp³-hybridized carbons (Fsp3) is 0.818. The molecule has 4 heteroatoms. The molecule has 1 heterocycles. The van der Waals surface area contributed by atoms with E-state index in [0.29, 0.717) is 17.7 Å². The minimum atomic E-state index is -0.425. The molecular weight excluding hydrogens is 192 g/mol. The Balaban J connectivity index is 3.06. The van der Waals surface area contributed by atoms with E-state index in [4.69, 9.17) is 9.47 Å². The molecule has 1 aliphatic heterocycles. The summed E-state index contributed by atoms with van der Waals surface area (Å²) in [5, 5.41) is 0. The topological polar surface area (TPSA) is 43.2 Å². The summed E-state index contributed by atoms with van der Waals surface area (Å²) in [5.41, 5.74) is -0.425. The number of methoxy groups -OCH3 is 2. The summed E-state index contributed by atoms with van der Waals surface area (Å²) in [7, 11) is 3.27. The van der Waals surface area contributed by atoms with Crippen molar-refractivity contribution in [2.24, 2.45) is 15.9 Å². The molecule has 0 spiro atoms. The maximum atomic E-state index is 5.28. The highest BCUT2D eigenvalue weighted by Crippen LogP contribution is 2.23. The van der Waals surface area contributed by atoms with Gasteiger partial charge in [0.1, 0.15) is 11.6 Å². The highest BCUT2D eigenvalue weighted by atomic mass is 16.5. The van der Waals surface area contributed by atoms with Gasteiger partial charge in [0.05, 0.1) is 14.2 Å². The number of nitrogens with zero attached hydrogens (tertiary/aromatic N) is 2. The molecule has 0 N–H and O–H groups in total. The lowest BCUT2D eigenvalue weighted by molar-refractivity contribution is 0.316. The fourth-order valence-corrected chi connectivity index (χ4v) is 1.63. The van der Waals surface area contributed by atoms with Gasteiger partial charge in [-0.2, -0.15) is 0 Å². The molecule has 0 fully saturated rings. The van der Waals surface area contributed by atoms with Crippen molar-refractivity contribution in [3.63, 3.8) is 0 Å². The zero-order valence-electron chi connectivity index (χ0n) is 10.4. The Hall–Kier alpha value is -1.06. The predicted molar refractivity (Wildman–Crippen MR) is 61.6 cm³/mol. The van der Waals surface area contributed by atoms with Gasteiger partial charge < -0.3 is 9.47 Å². The van der Waals surface area contributed by atoms with Gasteiger partial charge in [-0.25, -0.2) is 9.98 Å². The van der Waals surface area contributed by atoms with Crippen LogP contribution in [0.25, 0.3) is 0 Å². The fourth-order valence-electron chi connectivity index (χ4n) is 1.63. The van der Waals surface area contributed by atoms with Crippen molar-refractivity contribution in [3.8, 4) is 0 Å². The van der Waals surface area contributed by atoms with Crippen molar-refractivity contribution >= 4 is 11.8 Å². The van der Waals surface area contributed by atoms with Gasteiger partial charge >= 0.3 is 0 Å². The third kappa shape index (κ3) is 2.30. The molecule has 0 radical (unpaired) electrons. The van der Waals surface area contributed by atoms with Crippen LogP contribution in [-0.4, -0.2) is 37.6 Å². The minimum absolute atomic E-state index is 0.0297. The smallest absolute Gasteiger partial charge is 0.212 e. The van der Waals surface area contributed by atoms with Gasteiger partial charge in [-0.1, -0.05) is 13.8 Å². The van der Waals surface area contributed by atoms with Gasteiger partial charge in [0.15, 0.2) is 0 Å². The molecule has 1 atom stereocenters. The first-order valence-electron chi connectivity index (χ1n) is 5.18. The average Bonchev–Trinajstić information content (AvgIpc) is 2.15. The first-order chi connectivity index (χ1) is 6.92. The second kappa shape index (κ2) is 4.21. The summed E-state index contributed by atoms with van der Waals surface area (Å²) in [4.78, 5) is 9.07. The van der Waals surface area contributed by atoms with Crippen LogP contribution in [0.4, 0.5) is 0 Å². The number of aliphatic imine (C=N–C) groups is 2. The molecule has 0 aromatic carbocycles. The van der Waals surface area contributed by atoms with E-state index >= 15 is 0 Å². The molecule has 0 saturated heterocycles. The van der Waals surface area contributed by atoms with Gasteiger partial charge in [-0.3, -0.25) is 0 Å². The van der Waals surface area contributed by atoms with Crippen molar-refractivity contribution in [2.45, 2.75) is 39.3 Å². The van der Waals surface area contributed by atoms with E-state index in [1.807, 2.05) is 13.8 Å². The lowest BCUT2D eigenvalue weighted by Crippen LogP contribution is -2.42. The van der Waals surface area contributed by atoms with Crippen molar-refractivity contribution in [1.82, 2.24) is 0 Å². The molecular formula is C11H20N2O2. The predicted octanol–water partition coefficient (Wildman–Crippen LogP) is 1.89. The Morgan fingerprint density at radius 3 is 2.20 bits per heavy atom. The van der Waals surface area contributed by atoms with Crippen LogP contribution in [0.3, 0.4) is 0 Å². The highest BCUT2D eigenvalue weighted by Gasteiger charge is 2.35. The minimum Gasteiger partial charge on any atom is -0.483 e. The van der Waals surface area contributed by atoms with E-state index in [0.717, 1.165) is 0 Å². The van der Waals surface area contributed by atoms with Crippen LogP contribution in [0, 0.1) is 5.92 Å². The van der Waals surface area contributed by atoms with Crippen LogP contribution < -0.4 is 0 Å². The Morgan fingerprint density at radius 2 is 1.80 bits per heavy atom. The summed E-state index contributed by atoms with van der Waals surface area (Å²) < 4.78 is 10.5. The monoisotopic (exact) mass is 212 g/mol. The molecule has 0 unspecified atom stereocenters. The van der Waals surface area contributed by atoms with Crippen LogP contribution >= 0.6 is 0 Å². The van der Waals surface area contributed by atoms with Crippen molar-refractivity contribution < 1.29 is 9.47 Å². The molecule has 0 aliphatic carbocycles. The van der Waals surface area contributed by atoms with Crippen LogP contribution in [0.15, 0.2) is 9.98 Å². The van der Waals surface area contributed by atoms with Gasteiger partial charge in [-0.05, 0) is 19.8 Å². The van der Waals surface area contributed by atoms with E-state index in [1.165, 1.54) is 0 Å². The van der Waals surface area contributed by atoms with Crippen LogP contribution in [0.5, 0.6) is 0 Å². The quantitative estimate of drug-likeness (QED) is 0.666. The maximum absolute atomic E-state index is 5.28. The zero-order chi connectivity index (χ0) is 11.6. The van der Waals surface area contributed by atoms with Gasteiger partial charge in [0.2, 0.25) is 11.8 Å². The Bertz CT molecular complexity index is 293. The van der Waals surface area contributed by atoms with Crippen LogP contribution in [0.2, 0.25) is 0 Å². The second-order valence-corrected chi connectivity index (χ2v) is 4.54. The van der Waals surface area contributed by atoms with E-state index in [2.05, 4.69) is 23.8 Å². The zero-order valence-corrected chi connectivity index (χ0v) is 10.4. The highest BCUT2D eigenvalue weighted by molar-refractivity contribution is 5.96. The van der Waals surface area contributed by atoms with E-state index in [-0.39, 0.29) is 6.04 Å². The maximum Gasteiger partial charge on any atom is 0.212 e. The Morgan fingerprint density at radius 1 is 1.20 bits per heavy atom. The SMILES string of the molecule is COC1=NC(C)(C)C(OC)=N[C@@H]1C(C)C. The number of hydrogen-bond acceptors (Lipinski definition) is 4. The first-order valence-corrected chi connectivity index (χ1v) is 5.18. The summed E-state index contributed by atoms with van der Waals surface area (Å²) in [6.45, 7) is 8.11. The van der Waals surface area contributed by atoms with Gasteiger partial charge in [-0.15, -0.1) is 0 Å². The summed E-state index contributed by atoms with van der Waals surface area (Å²) in [6.07, 6.45) is 0. The molecule has 0 aromatic heterocycles. The third-order valence-electron chi connectivity index (χ3n) is 2.46. The Kier molecular flexibility index (Phi) is 3.37. The molecule has 0 saturated carbocycles. The second-order valence-electron chi connectivity index (χ2n) is 4.54. The average molecular weight is 212 g/mol. The molecule has 15 heavy (non-hydrogen) atoms. The van der Waals surface area contributed by atoms with Crippen LogP contribution in [-0.2, 0) is 9.47 Å². The molecule has 0 amide bonds. The lowest BCUT2D eigenvalue weighted by atomic mass is 9.99. The number of hydrogen-bond donors (Lipinski definition) is 0. The Labute approximate surface area is 91.4 Å². The van der Waals surface area contributed by atoms with E-state index in [9.17, 15) is 0 Å². The van der Waals surface area contributed by atoms with Crippen molar-refractivity contribution in [1.29, 1.82) is 0 Å². The normalized spacial score (nSPS) is 24.6. The number of rotatable bonds is 1. The standard InChI is InChI=1S/C11H20N2O2/c1-7(2)8-9(14-5)13-11(3,4)10(12-8)15-6/h7-8H,1-6H3/t8-/m1/s1. The first kappa shape index (κ1) is 12.0. The van der Waals surface area contributed by atoms with Crippen molar-refractivity contribution in [2.75, 3.05) is 14.2 Å². The van der Waals surface area contributed by atoms with Crippen molar-refractivity contribution in [3.05, 3.63) is 0 Å². The summed E-state index contributed by atoms with van der Waals surface area (Å²) >= 11 is 0. The third-order valence-corrected chi connectivity index (χ3v) is 2.46. The molecule has 0 bridgehead atoms. The summed E-state index contributed by atoms with van der Waals surface area (Å²) in [5.74, 6) is 1.71. The largest absolute Gasteiger partial charge is 0.483 e. The van der Waals surface area contributed by atoms with E-state index < -0.39 is 5.54 Å². The molecule has 1 aliphatic rings. The molecule has 1 rings (SSSR count). The van der Waals surface area contributed by atoms with E-state index in [1.54, 1.807) is 14.2 Å². The van der Waals surface area contributed by atoms with Crippen LogP contribution in [0.1, 0.15) is 27.7 Å². The molecule has 4 nitrogen and oxygen atoms in total. The lowest BCUT2D eigenvalue weighted by Gasteiger charge is -2.31. The van der Waals surface area contributed by atoms with Gasteiger partial charge in [0.25, 0.3) is 0 Å². The number of ether oxygens (including phenoxy) is 2. The summed E-state index contributed by atoms with van der Waals surface area (Å²) in [6, 6.07) is -0.0297. The molecule has 86 valence electrons.